The lowest BCUT2D eigenvalue weighted by atomic mass is 9.94. The molecule has 0 aromatic heterocycles. The van der Waals surface area contributed by atoms with Crippen molar-refractivity contribution >= 4 is 23.5 Å². The van der Waals surface area contributed by atoms with Crippen molar-refractivity contribution in [2.75, 3.05) is 13.7 Å². The van der Waals surface area contributed by atoms with Gasteiger partial charge < -0.3 is 9.64 Å². The Balaban J connectivity index is 2.83. The van der Waals surface area contributed by atoms with Crippen LogP contribution in [0.2, 0.25) is 5.02 Å². The van der Waals surface area contributed by atoms with Crippen molar-refractivity contribution in [1.29, 1.82) is 0 Å². The van der Waals surface area contributed by atoms with Crippen LogP contribution in [0.4, 0.5) is 0 Å². The number of benzene rings is 1. The molecule has 0 unspecified atom stereocenters. The van der Waals surface area contributed by atoms with Crippen LogP contribution in [-0.4, -0.2) is 30.4 Å². The third-order valence-electron chi connectivity index (χ3n) is 3.03. The van der Waals surface area contributed by atoms with Crippen molar-refractivity contribution in [2.24, 2.45) is 5.41 Å². The molecule has 0 N–H and O–H groups in total. The molecule has 0 aliphatic rings. The van der Waals surface area contributed by atoms with Gasteiger partial charge in [-0.15, -0.1) is 0 Å². The Bertz CT molecular complexity index is 491. The maximum atomic E-state index is 12.5. The average Bonchev–Trinajstić information content (AvgIpc) is 2.43. The second-order valence-electron chi connectivity index (χ2n) is 5.93. The minimum absolute atomic E-state index is 0.00125. The van der Waals surface area contributed by atoms with Gasteiger partial charge in [-0.1, -0.05) is 44.5 Å². The van der Waals surface area contributed by atoms with Gasteiger partial charge in [0.05, 0.1) is 13.5 Å². The highest BCUT2D eigenvalue weighted by Crippen LogP contribution is 2.20. The predicted molar refractivity (Wildman–Crippen MR) is 83.0 cm³/mol. The molecule has 1 amide bonds. The second kappa shape index (κ2) is 7.46. The number of esters is 1. The van der Waals surface area contributed by atoms with Gasteiger partial charge in [-0.25, -0.2) is 0 Å². The Kier molecular flexibility index (Phi) is 6.21. The van der Waals surface area contributed by atoms with Gasteiger partial charge in [-0.05, 0) is 17.7 Å². The molecule has 0 saturated carbocycles. The first-order valence-electron chi connectivity index (χ1n) is 6.84. The molecule has 116 valence electrons. The van der Waals surface area contributed by atoms with E-state index < -0.39 is 5.41 Å². The molecule has 0 aliphatic heterocycles. The number of amides is 1. The summed E-state index contributed by atoms with van der Waals surface area (Å²) in [5, 5.41) is 0.655. The first-order valence-corrected chi connectivity index (χ1v) is 7.22. The van der Waals surface area contributed by atoms with Gasteiger partial charge in [0, 0.05) is 23.5 Å². The van der Waals surface area contributed by atoms with Crippen LogP contribution in [0, 0.1) is 5.41 Å². The van der Waals surface area contributed by atoms with E-state index >= 15 is 0 Å². The molecule has 21 heavy (non-hydrogen) atoms. The molecular formula is C16H22ClNO3. The average molecular weight is 312 g/mol. The van der Waals surface area contributed by atoms with Crippen LogP contribution in [0.5, 0.6) is 0 Å². The number of halogens is 1. The summed E-state index contributed by atoms with van der Waals surface area (Å²) in [6.07, 6.45) is 0.186. The summed E-state index contributed by atoms with van der Waals surface area (Å²) in [5.74, 6) is -0.320. The zero-order chi connectivity index (χ0) is 16.0. The van der Waals surface area contributed by atoms with Crippen molar-refractivity contribution in [2.45, 2.75) is 33.7 Å². The Morgan fingerprint density at radius 3 is 2.24 bits per heavy atom. The van der Waals surface area contributed by atoms with E-state index in [9.17, 15) is 9.59 Å². The van der Waals surface area contributed by atoms with Crippen molar-refractivity contribution in [3.05, 3.63) is 34.9 Å². The second-order valence-corrected chi connectivity index (χ2v) is 6.37. The third-order valence-corrected chi connectivity index (χ3v) is 3.28. The summed E-state index contributed by atoms with van der Waals surface area (Å²) in [5.41, 5.74) is 0.476. The number of carbonyl (C=O) groups excluding carboxylic acids is 2. The summed E-state index contributed by atoms with van der Waals surface area (Å²) in [6, 6.07) is 7.33. The van der Waals surface area contributed by atoms with Gasteiger partial charge in [0.25, 0.3) is 0 Å². The molecule has 0 atom stereocenters. The van der Waals surface area contributed by atoms with Crippen molar-refractivity contribution in [3.8, 4) is 0 Å². The fraction of sp³-hybridized carbons (Fsp3) is 0.500. The van der Waals surface area contributed by atoms with Crippen LogP contribution in [0.15, 0.2) is 24.3 Å². The van der Waals surface area contributed by atoms with E-state index in [-0.39, 0.29) is 18.3 Å². The Hall–Kier alpha value is -1.55. The van der Waals surface area contributed by atoms with Gasteiger partial charge in [0.1, 0.15) is 0 Å². The number of hydrogen-bond acceptors (Lipinski definition) is 3. The van der Waals surface area contributed by atoms with Gasteiger partial charge in [-0.3, -0.25) is 9.59 Å². The summed E-state index contributed by atoms with van der Waals surface area (Å²) in [6.45, 7) is 6.38. The molecule has 0 radical (unpaired) electrons. The highest BCUT2D eigenvalue weighted by Gasteiger charge is 2.27. The van der Waals surface area contributed by atoms with Crippen LogP contribution in [0.1, 0.15) is 32.8 Å². The van der Waals surface area contributed by atoms with E-state index in [1.165, 1.54) is 7.11 Å². The molecule has 0 heterocycles. The number of rotatable bonds is 5. The molecule has 0 spiro atoms. The first kappa shape index (κ1) is 17.5. The van der Waals surface area contributed by atoms with E-state index in [2.05, 4.69) is 4.74 Å². The zero-order valence-electron chi connectivity index (χ0n) is 13.0. The normalized spacial score (nSPS) is 11.1. The van der Waals surface area contributed by atoms with Gasteiger partial charge in [-0.2, -0.15) is 0 Å². The molecule has 0 aliphatic carbocycles. The van der Waals surface area contributed by atoms with Gasteiger partial charge in [0.15, 0.2) is 0 Å². The maximum Gasteiger partial charge on any atom is 0.307 e. The molecule has 0 bridgehead atoms. The van der Waals surface area contributed by atoms with Crippen LogP contribution in [0.25, 0.3) is 0 Å². The van der Waals surface area contributed by atoms with Crippen molar-refractivity contribution in [1.82, 2.24) is 4.90 Å². The monoisotopic (exact) mass is 311 g/mol. The molecule has 0 fully saturated rings. The third kappa shape index (κ3) is 5.76. The maximum absolute atomic E-state index is 12.5. The van der Waals surface area contributed by atoms with E-state index in [1.54, 1.807) is 17.0 Å². The van der Waals surface area contributed by atoms with E-state index in [1.807, 2.05) is 32.9 Å². The molecule has 1 aromatic carbocycles. The lowest BCUT2D eigenvalue weighted by Gasteiger charge is -2.29. The minimum atomic E-state index is -0.497. The largest absolute Gasteiger partial charge is 0.469 e. The van der Waals surface area contributed by atoms with Crippen molar-refractivity contribution in [3.63, 3.8) is 0 Å². The molecule has 4 nitrogen and oxygen atoms in total. The summed E-state index contributed by atoms with van der Waals surface area (Å²) >= 11 is 5.86. The summed E-state index contributed by atoms with van der Waals surface area (Å²) in [7, 11) is 1.34. The van der Waals surface area contributed by atoms with Crippen LogP contribution < -0.4 is 0 Å². The van der Waals surface area contributed by atoms with Crippen LogP contribution >= 0.6 is 11.6 Å². The fourth-order valence-electron chi connectivity index (χ4n) is 1.87. The lowest BCUT2D eigenvalue weighted by molar-refractivity contribution is -0.144. The molecular weight excluding hydrogens is 290 g/mol. The van der Waals surface area contributed by atoms with E-state index in [4.69, 9.17) is 11.6 Å². The number of hydrogen-bond donors (Lipinski definition) is 0. The number of ether oxygens (including phenoxy) is 1. The topological polar surface area (TPSA) is 46.6 Å². The standard InChI is InChI=1S/C16H22ClNO3/c1-16(2,3)15(20)18(10-9-14(19)21-4)11-12-5-7-13(17)8-6-12/h5-8H,9-11H2,1-4H3. The smallest absolute Gasteiger partial charge is 0.307 e. The Morgan fingerprint density at radius 2 is 1.76 bits per heavy atom. The summed E-state index contributed by atoms with van der Waals surface area (Å²) < 4.78 is 4.64. The first-order chi connectivity index (χ1) is 9.74. The number of nitrogens with zero attached hydrogens (tertiary/aromatic N) is 1. The fourth-order valence-corrected chi connectivity index (χ4v) is 1.99. The quantitative estimate of drug-likeness (QED) is 0.784. The molecule has 5 heteroatoms. The van der Waals surface area contributed by atoms with Crippen LogP contribution in [0.3, 0.4) is 0 Å². The van der Waals surface area contributed by atoms with Gasteiger partial charge >= 0.3 is 5.97 Å². The van der Waals surface area contributed by atoms with Crippen LogP contribution in [-0.2, 0) is 20.9 Å². The minimum Gasteiger partial charge on any atom is -0.469 e. The molecule has 1 rings (SSSR count). The molecule has 0 saturated heterocycles. The Labute approximate surface area is 131 Å². The lowest BCUT2D eigenvalue weighted by Crippen LogP contribution is -2.40. The zero-order valence-corrected chi connectivity index (χ0v) is 13.7. The summed E-state index contributed by atoms with van der Waals surface area (Å²) in [4.78, 5) is 25.5. The highest BCUT2D eigenvalue weighted by molar-refractivity contribution is 6.30. The van der Waals surface area contributed by atoms with Gasteiger partial charge in [0.2, 0.25) is 5.91 Å². The SMILES string of the molecule is COC(=O)CCN(Cc1ccc(Cl)cc1)C(=O)C(C)(C)C. The van der Waals surface area contributed by atoms with E-state index in [0.29, 0.717) is 18.1 Å². The van der Waals surface area contributed by atoms with Crippen molar-refractivity contribution < 1.29 is 14.3 Å². The number of methoxy groups -OCH3 is 1. The molecule has 1 aromatic rings. The van der Waals surface area contributed by atoms with E-state index in [0.717, 1.165) is 5.56 Å². The Morgan fingerprint density at radius 1 is 1.19 bits per heavy atom. The predicted octanol–water partition coefficient (Wildman–Crippen LogP) is 3.28. The highest BCUT2D eigenvalue weighted by atomic mass is 35.5. The number of carbonyl (C=O) groups is 2.